The van der Waals surface area contributed by atoms with Gasteiger partial charge in [0.15, 0.2) is 5.75 Å². The van der Waals surface area contributed by atoms with Crippen LogP contribution in [-0.4, -0.2) is 58.7 Å². The van der Waals surface area contributed by atoms with Gasteiger partial charge in [0.05, 0.1) is 30.3 Å². The average molecular weight is 487 g/mol. The summed E-state index contributed by atoms with van der Waals surface area (Å²) in [5.74, 6) is 2.58. The molecule has 3 aromatic heterocycles. The summed E-state index contributed by atoms with van der Waals surface area (Å²) in [6.07, 6.45) is 4.84. The van der Waals surface area contributed by atoms with E-state index in [-0.39, 0.29) is 5.92 Å². The van der Waals surface area contributed by atoms with Crippen LogP contribution in [0.15, 0.2) is 18.3 Å². The number of hydrogen-bond acceptors (Lipinski definition) is 6. The topological polar surface area (TPSA) is 103 Å². The molecule has 0 saturated carbocycles. The van der Waals surface area contributed by atoms with Gasteiger partial charge in [-0.15, -0.1) is 0 Å². The predicted molar refractivity (Wildman–Crippen MR) is 142 cm³/mol. The Balaban J connectivity index is 1.70. The molecular formula is C28H34N6O2. The fraction of sp³-hybridized carbons (Fsp3) is 0.464. The molecule has 0 spiro atoms. The van der Waals surface area contributed by atoms with Crippen LogP contribution in [0.25, 0.3) is 33.3 Å². The van der Waals surface area contributed by atoms with Crippen molar-refractivity contribution >= 4 is 21.9 Å². The summed E-state index contributed by atoms with van der Waals surface area (Å²) in [6, 6.07) is 6.66. The molecule has 8 heteroatoms. The number of fused-ring (bicyclic) bond motifs is 2. The highest BCUT2D eigenvalue weighted by Crippen LogP contribution is 2.42. The van der Waals surface area contributed by atoms with Gasteiger partial charge in [-0.3, -0.25) is 0 Å². The van der Waals surface area contributed by atoms with Crippen molar-refractivity contribution in [3.63, 3.8) is 0 Å². The number of benzene rings is 1. The molecule has 1 saturated heterocycles. The standard InChI is InChI=1S/C28H34N6O2/c1-6-13-36-26-18(17-9-11-34(4)12-10-17)7-8-21-25(26)33-27(31-21)22-24-20(15-30-28(22)35-5)19(14-29)23(32-24)16(2)3/h7-8,15-17,32H,6,9-13H2,1-5H3,(H,31,33). The molecule has 1 fully saturated rings. The number of aromatic amines is 2. The van der Waals surface area contributed by atoms with E-state index in [0.29, 0.717) is 29.8 Å². The lowest BCUT2D eigenvalue weighted by molar-refractivity contribution is 0.249. The van der Waals surface area contributed by atoms with Gasteiger partial charge in [-0.1, -0.05) is 26.8 Å². The number of H-pyrrole nitrogens is 2. The van der Waals surface area contributed by atoms with E-state index < -0.39 is 0 Å². The van der Waals surface area contributed by atoms with Crippen molar-refractivity contribution in [3.05, 3.63) is 35.2 Å². The van der Waals surface area contributed by atoms with Gasteiger partial charge in [0, 0.05) is 17.3 Å². The monoisotopic (exact) mass is 486 g/mol. The Hall–Kier alpha value is -3.57. The summed E-state index contributed by atoms with van der Waals surface area (Å²) < 4.78 is 12.0. The zero-order valence-corrected chi connectivity index (χ0v) is 21.7. The van der Waals surface area contributed by atoms with Crippen molar-refractivity contribution in [3.8, 4) is 29.1 Å². The van der Waals surface area contributed by atoms with E-state index in [1.54, 1.807) is 13.3 Å². The summed E-state index contributed by atoms with van der Waals surface area (Å²) in [6.45, 7) is 9.06. The van der Waals surface area contributed by atoms with Crippen LogP contribution in [0.2, 0.25) is 0 Å². The number of imidazole rings is 1. The van der Waals surface area contributed by atoms with Crippen molar-refractivity contribution < 1.29 is 9.47 Å². The third-order valence-electron chi connectivity index (χ3n) is 7.21. The lowest BCUT2D eigenvalue weighted by Crippen LogP contribution is -2.29. The van der Waals surface area contributed by atoms with Crippen molar-refractivity contribution in [2.75, 3.05) is 33.9 Å². The van der Waals surface area contributed by atoms with Gasteiger partial charge in [-0.2, -0.15) is 5.26 Å². The molecule has 8 nitrogen and oxygen atoms in total. The Kier molecular flexibility index (Phi) is 6.59. The van der Waals surface area contributed by atoms with E-state index in [1.165, 1.54) is 5.56 Å². The summed E-state index contributed by atoms with van der Waals surface area (Å²) in [5, 5.41) is 10.6. The molecule has 0 atom stereocenters. The van der Waals surface area contributed by atoms with Crippen LogP contribution in [0.5, 0.6) is 11.6 Å². The summed E-state index contributed by atoms with van der Waals surface area (Å²) in [5.41, 5.74) is 5.98. The van der Waals surface area contributed by atoms with Crippen LogP contribution in [0.4, 0.5) is 0 Å². The third-order valence-corrected chi connectivity index (χ3v) is 7.21. The number of likely N-dealkylation sites (tertiary alicyclic amines) is 1. The fourth-order valence-electron chi connectivity index (χ4n) is 5.26. The minimum absolute atomic E-state index is 0.160. The van der Waals surface area contributed by atoms with Crippen LogP contribution in [0, 0.1) is 11.3 Å². The van der Waals surface area contributed by atoms with E-state index in [9.17, 15) is 5.26 Å². The van der Waals surface area contributed by atoms with Crippen molar-refractivity contribution in [1.29, 1.82) is 5.26 Å². The maximum Gasteiger partial charge on any atom is 0.226 e. The number of ether oxygens (including phenoxy) is 2. The lowest BCUT2D eigenvalue weighted by Gasteiger charge is -2.30. The first kappa shape index (κ1) is 24.1. The average Bonchev–Trinajstić information content (AvgIpc) is 3.48. The molecule has 2 N–H and O–H groups in total. The zero-order valence-electron chi connectivity index (χ0n) is 21.7. The number of aromatic nitrogens is 4. The first-order valence-corrected chi connectivity index (χ1v) is 12.8. The van der Waals surface area contributed by atoms with E-state index in [2.05, 4.69) is 65.9 Å². The molecule has 1 aliphatic rings. The highest BCUT2D eigenvalue weighted by atomic mass is 16.5. The molecule has 0 bridgehead atoms. The van der Waals surface area contributed by atoms with Gasteiger partial charge in [0.2, 0.25) is 5.88 Å². The quantitative estimate of drug-likeness (QED) is 0.347. The van der Waals surface area contributed by atoms with E-state index in [1.807, 2.05) is 0 Å². The number of pyridine rings is 1. The van der Waals surface area contributed by atoms with Crippen LogP contribution in [0.3, 0.4) is 0 Å². The van der Waals surface area contributed by atoms with E-state index in [4.69, 9.17) is 14.5 Å². The van der Waals surface area contributed by atoms with Gasteiger partial charge >= 0.3 is 0 Å². The third kappa shape index (κ3) is 4.07. The first-order valence-electron chi connectivity index (χ1n) is 12.8. The molecule has 1 aromatic carbocycles. The van der Waals surface area contributed by atoms with Gasteiger partial charge in [0.1, 0.15) is 23.0 Å². The first-order chi connectivity index (χ1) is 17.5. The number of nitrogens with one attached hydrogen (secondary N) is 2. The summed E-state index contributed by atoms with van der Waals surface area (Å²) in [7, 11) is 3.78. The molecule has 36 heavy (non-hydrogen) atoms. The Morgan fingerprint density at radius 3 is 2.67 bits per heavy atom. The Labute approximate surface area is 211 Å². The Morgan fingerprint density at radius 1 is 1.22 bits per heavy atom. The smallest absolute Gasteiger partial charge is 0.226 e. The molecule has 0 amide bonds. The number of rotatable bonds is 7. The van der Waals surface area contributed by atoms with E-state index >= 15 is 0 Å². The number of piperidine rings is 1. The molecule has 0 aliphatic carbocycles. The van der Waals surface area contributed by atoms with Crippen LogP contribution in [0.1, 0.15) is 68.7 Å². The molecule has 4 heterocycles. The van der Waals surface area contributed by atoms with E-state index in [0.717, 1.165) is 71.3 Å². The largest absolute Gasteiger partial charge is 0.491 e. The van der Waals surface area contributed by atoms with Gasteiger partial charge in [-0.25, -0.2) is 9.97 Å². The number of nitriles is 1. The Morgan fingerprint density at radius 2 is 2.00 bits per heavy atom. The second-order valence-corrected chi connectivity index (χ2v) is 10.0. The number of nitrogens with zero attached hydrogens (tertiary/aromatic N) is 4. The van der Waals surface area contributed by atoms with Gasteiger partial charge in [0.25, 0.3) is 0 Å². The fourth-order valence-corrected chi connectivity index (χ4v) is 5.26. The zero-order chi connectivity index (χ0) is 25.4. The van der Waals surface area contributed by atoms with Gasteiger partial charge < -0.3 is 24.3 Å². The van der Waals surface area contributed by atoms with Crippen LogP contribution in [-0.2, 0) is 0 Å². The number of methoxy groups -OCH3 is 1. The van der Waals surface area contributed by atoms with Crippen molar-refractivity contribution in [2.45, 2.75) is 51.9 Å². The molecule has 0 unspecified atom stereocenters. The van der Waals surface area contributed by atoms with Crippen LogP contribution >= 0.6 is 0 Å². The lowest BCUT2D eigenvalue weighted by atomic mass is 9.88. The van der Waals surface area contributed by atoms with Crippen molar-refractivity contribution in [2.24, 2.45) is 0 Å². The molecule has 0 radical (unpaired) electrons. The molecular weight excluding hydrogens is 452 g/mol. The van der Waals surface area contributed by atoms with Crippen molar-refractivity contribution in [1.82, 2.24) is 24.8 Å². The maximum absolute atomic E-state index is 9.87. The highest BCUT2D eigenvalue weighted by Gasteiger charge is 2.26. The predicted octanol–water partition coefficient (Wildman–Crippen LogP) is 5.71. The second kappa shape index (κ2) is 9.82. The minimum Gasteiger partial charge on any atom is -0.491 e. The van der Waals surface area contributed by atoms with Gasteiger partial charge in [-0.05, 0) is 62.9 Å². The minimum atomic E-state index is 0.160. The highest BCUT2D eigenvalue weighted by molar-refractivity contribution is 6.00. The maximum atomic E-state index is 9.87. The second-order valence-electron chi connectivity index (χ2n) is 10.0. The molecule has 1 aliphatic heterocycles. The van der Waals surface area contributed by atoms with Crippen LogP contribution < -0.4 is 9.47 Å². The summed E-state index contributed by atoms with van der Waals surface area (Å²) >= 11 is 0. The normalized spacial score (nSPS) is 15.1. The Bertz CT molecular complexity index is 1440. The molecule has 5 rings (SSSR count). The molecule has 188 valence electrons. The number of hydrogen-bond donors (Lipinski definition) is 2. The SMILES string of the molecule is CCCOc1c(C2CCN(C)CC2)ccc2[nH]c(-c3c(OC)ncc4c(C#N)c(C(C)C)[nH]c34)nc12. The summed E-state index contributed by atoms with van der Waals surface area (Å²) in [4.78, 5) is 18.9. The molecule has 4 aromatic rings.